The average Bonchev–Trinajstić information content (AvgIpc) is 2.36. The van der Waals surface area contributed by atoms with Gasteiger partial charge in [0.2, 0.25) is 0 Å². The Balaban J connectivity index is 0.000000902. The number of hydrogen-bond donors (Lipinski definition) is 0. The van der Waals surface area contributed by atoms with Crippen molar-refractivity contribution in [3.8, 4) is 0 Å². The van der Waals surface area contributed by atoms with Gasteiger partial charge in [0.25, 0.3) is 0 Å². The van der Waals surface area contributed by atoms with Crippen LogP contribution in [-0.4, -0.2) is 18.0 Å². The van der Waals surface area contributed by atoms with Gasteiger partial charge in [-0.15, -0.1) is 13.1 Å². The van der Waals surface area contributed by atoms with E-state index in [1.807, 2.05) is 0 Å². The van der Waals surface area contributed by atoms with Crippen molar-refractivity contribution >= 4 is 0 Å². The molecule has 1 aliphatic rings. The zero-order valence-corrected chi connectivity index (χ0v) is 14.2. The van der Waals surface area contributed by atoms with E-state index in [1.54, 1.807) is 0 Å². The van der Waals surface area contributed by atoms with E-state index in [2.05, 4.69) is 72.0 Å². The first kappa shape index (κ1) is 16.6. The molecule has 0 aromatic heterocycles. The summed E-state index contributed by atoms with van der Waals surface area (Å²) >= 11 is 0. The molecule has 0 atom stereocenters. The van der Waals surface area contributed by atoms with Gasteiger partial charge in [0.05, 0.1) is 6.04 Å². The van der Waals surface area contributed by atoms with Gasteiger partial charge in [-0.2, -0.15) is 0 Å². The van der Waals surface area contributed by atoms with Crippen molar-refractivity contribution in [2.24, 2.45) is 0 Å². The van der Waals surface area contributed by atoms with Crippen LogP contribution in [0.1, 0.15) is 17.2 Å². The topological polar surface area (TPSA) is 3.24 Å². The molecule has 1 heterocycles. The second-order valence-corrected chi connectivity index (χ2v) is 4.47. The summed E-state index contributed by atoms with van der Waals surface area (Å²) < 4.78 is 0. The molecule has 0 amide bonds. The van der Waals surface area contributed by atoms with Crippen LogP contribution >= 0.6 is 0 Å². The normalized spacial score (nSPS) is 14.2. The summed E-state index contributed by atoms with van der Waals surface area (Å²) in [5.74, 6) is 0. The quantitative estimate of drug-likeness (QED) is 0.777. The van der Waals surface area contributed by atoms with E-state index in [-0.39, 0.29) is 40.1 Å². The molecule has 0 N–H and O–H groups in total. The Kier molecular flexibility index (Phi) is 6.92. The number of nitrogens with zero attached hydrogens (tertiary/aromatic N) is 1. The van der Waals surface area contributed by atoms with E-state index in [0.29, 0.717) is 6.04 Å². The predicted molar refractivity (Wildman–Crippen MR) is 77.0 cm³/mol. The van der Waals surface area contributed by atoms with E-state index >= 15 is 0 Å². The molecule has 2 aromatic carbocycles. The fourth-order valence-electron chi connectivity index (χ4n) is 2.37. The zero-order valence-electron chi connectivity index (χ0n) is 11.4. The SMILES string of the molecule is [CH3-].[Y].c1ccc(C(c2ccccc2)N2C[CH-]C2)cc1. The van der Waals surface area contributed by atoms with Gasteiger partial charge in [-0.25, -0.2) is 0 Å². The average molecular weight is 326 g/mol. The minimum Gasteiger partial charge on any atom is -0.358 e. The summed E-state index contributed by atoms with van der Waals surface area (Å²) in [6, 6.07) is 21.9. The molecule has 1 nitrogen and oxygen atoms in total. The fraction of sp³-hybridized carbons (Fsp3) is 0.176. The maximum atomic E-state index is 2.49. The molecule has 2 heteroatoms. The zero-order chi connectivity index (χ0) is 11.5. The van der Waals surface area contributed by atoms with Crippen molar-refractivity contribution < 1.29 is 32.7 Å². The van der Waals surface area contributed by atoms with Crippen LogP contribution in [0.25, 0.3) is 0 Å². The van der Waals surface area contributed by atoms with Gasteiger partial charge in [-0.1, -0.05) is 60.7 Å². The summed E-state index contributed by atoms with van der Waals surface area (Å²) in [5, 5.41) is 0. The van der Waals surface area contributed by atoms with Crippen LogP contribution in [0.4, 0.5) is 0 Å². The second-order valence-electron chi connectivity index (χ2n) is 4.47. The minimum atomic E-state index is 0. The Morgan fingerprint density at radius 2 is 1.21 bits per heavy atom. The molecular weight excluding hydrogens is 307 g/mol. The molecule has 0 bridgehead atoms. The van der Waals surface area contributed by atoms with Crippen LogP contribution < -0.4 is 0 Å². The molecule has 2 aromatic rings. The third-order valence-corrected chi connectivity index (χ3v) is 3.32. The van der Waals surface area contributed by atoms with Gasteiger partial charge in [0.15, 0.2) is 0 Å². The predicted octanol–water partition coefficient (Wildman–Crippen LogP) is 3.74. The van der Waals surface area contributed by atoms with Crippen molar-refractivity contribution in [2.75, 3.05) is 13.1 Å². The largest absolute Gasteiger partial charge is 0.358 e. The summed E-state index contributed by atoms with van der Waals surface area (Å²) in [4.78, 5) is 2.49. The van der Waals surface area contributed by atoms with Crippen LogP contribution in [0.2, 0.25) is 0 Å². The van der Waals surface area contributed by atoms with Crippen LogP contribution in [0.3, 0.4) is 0 Å². The molecule has 97 valence electrons. The molecule has 3 rings (SSSR count). The minimum absolute atomic E-state index is 0. The van der Waals surface area contributed by atoms with Gasteiger partial charge in [0.1, 0.15) is 0 Å². The van der Waals surface area contributed by atoms with Gasteiger partial charge in [-0.3, -0.25) is 0 Å². The van der Waals surface area contributed by atoms with Crippen LogP contribution in [0, 0.1) is 13.8 Å². The standard InChI is InChI=1S/C16H16N.CH3.Y/c1-3-8-14(9-4-1)16(17-12-7-13-17)15-10-5-2-6-11-15;;/h1-11,16H,12-13H2;1H3;/q2*-1;. The molecule has 19 heavy (non-hydrogen) atoms. The maximum absolute atomic E-state index is 2.49. The van der Waals surface area contributed by atoms with Crippen LogP contribution in [0.5, 0.6) is 0 Å². The summed E-state index contributed by atoms with van der Waals surface area (Å²) in [5.41, 5.74) is 2.76. The number of rotatable bonds is 3. The van der Waals surface area contributed by atoms with Gasteiger partial charge in [0, 0.05) is 32.7 Å². The van der Waals surface area contributed by atoms with Crippen LogP contribution in [-0.2, 0) is 32.7 Å². The monoisotopic (exact) mass is 326 g/mol. The van der Waals surface area contributed by atoms with Crippen molar-refractivity contribution in [3.63, 3.8) is 0 Å². The van der Waals surface area contributed by atoms with E-state index in [0.717, 1.165) is 13.1 Å². The van der Waals surface area contributed by atoms with E-state index in [9.17, 15) is 0 Å². The first-order valence-corrected chi connectivity index (χ1v) is 6.11. The van der Waals surface area contributed by atoms with Crippen molar-refractivity contribution in [3.05, 3.63) is 85.6 Å². The van der Waals surface area contributed by atoms with Gasteiger partial charge in [-0.05, 0) is 11.1 Å². The molecular formula is C17H19NY-2. The Hall–Kier alpha value is -0.496. The number of hydrogen-bond acceptors (Lipinski definition) is 1. The first-order chi connectivity index (χ1) is 8.45. The second kappa shape index (κ2) is 7.94. The summed E-state index contributed by atoms with van der Waals surface area (Å²) in [7, 11) is 0. The molecule has 0 unspecified atom stereocenters. The van der Waals surface area contributed by atoms with Crippen molar-refractivity contribution in [1.82, 2.24) is 4.90 Å². The molecule has 1 aliphatic heterocycles. The molecule has 1 fully saturated rings. The Morgan fingerprint density at radius 1 is 0.789 bits per heavy atom. The number of likely N-dealkylation sites (tertiary alicyclic amines) is 1. The van der Waals surface area contributed by atoms with Crippen LogP contribution in [0.15, 0.2) is 60.7 Å². The molecule has 1 radical (unpaired) electrons. The Bertz CT molecular complexity index is 426. The molecule has 0 spiro atoms. The van der Waals surface area contributed by atoms with E-state index in [4.69, 9.17) is 0 Å². The molecule has 1 saturated heterocycles. The third-order valence-electron chi connectivity index (χ3n) is 3.32. The fourth-order valence-corrected chi connectivity index (χ4v) is 2.37. The molecule has 0 saturated carbocycles. The van der Waals surface area contributed by atoms with Gasteiger partial charge < -0.3 is 18.7 Å². The Labute approximate surface area is 141 Å². The van der Waals surface area contributed by atoms with E-state index < -0.39 is 0 Å². The van der Waals surface area contributed by atoms with Crippen molar-refractivity contribution in [2.45, 2.75) is 6.04 Å². The first-order valence-electron chi connectivity index (χ1n) is 6.11. The summed E-state index contributed by atoms with van der Waals surface area (Å²) in [6.07, 6.45) is 2.32. The van der Waals surface area contributed by atoms with E-state index in [1.165, 1.54) is 11.1 Å². The van der Waals surface area contributed by atoms with Crippen molar-refractivity contribution in [1.29, 1.82) is 0 Å². The molecule has 0 aliphatic carbocycles. The number of benzene rings is 2. The smallest absolute Gasteiger partial charge is 0.0555 e. The maximum Gasteiger partial charge on any atom is 0.0555 e. The van der Waals surface area contributed by atoms with Gasteiger partial charge >= 0.3 is 0 Å². The summed E-state index contributed by atoms with van der Waals surface area (Å²) in [6.45, 7) is 2.18. The Morgan fingerprint density at radius 3 is 1.53 bits per heavy atom. The third kappa shape index (κ3) is 3.75.